The molecule has 2 N–H and O–H groups in total. The number of fused-ring (bicyclic) bond motifs is 2. The van der Waals surface area contributed by atoms with E-state index in [1.165, 1.54) is 18.3 Å². The fourth-order valence-electron chi connectivity index (χ4n) is 5.60. The Morgan fingerprint density at radius 2 is 2.14 bits per heavy atom. The van der Waals surface area contributed by atoms with Crippen LogP contribution in [0.1, 0.15) is 24.1 Å². The zero-order valence-corrected chi connectivity index (χ0v) is 19.5. The Morgan fingerprint density at radius 1 is 1.29 bits per heavy atom. The van der Waals surface area contributed by atoms with Gasteiger partial charge in [0.05, 0.1) is 18.8 Å². The molecule has 1 saturated heterocycles. The van der Waals surface area contributed by atoms with Crippen LogP contribution in [0.3, 0.4) is 0 Å². The van der Waals surface area contributed by atoms with E-state index in [1.54, 1.807) is 11.0 Å². The van der Waals surface area contributed by atoms with Crippen molar-refractivity contribution in [2.75, 3.05) is 44.7 Å². The average Bonchev–Trinajstić information content (AvgIpc) is 3.40. The summed E-state index contributed by atoms with van der Waals surface area (Å²) in [5.41, 5.74) is 5.24. The lowest BCUT2D eigenvalue weighted by molar-refractivity contribution is -0.131. The number of carbonyl (C=O) groups is 1. The smallest absolute Gasteiger partial charge is 0.236 e. The van der Waals surface area contributed by atoms with E-state index in [-0.39, 0.29) is 5.91 Å². The largest absolute Gasteiger partial charge is 0.391 e. The Labute approximate surface area is 201 Å². The predicted octanol–water partition coefficient (Wildman–Crippen LogP) is 3.14. The molecular formula is C26H27F2N5O2. The van der Waals surface area contributed by atoms with Crippen LogP contribution < -0.4 is 4.90 Å². The maximum absolute atomic E-state index is 15.1. The van der Waals surface area contributed by atoms with Crippen LogP contribution in [0.5, 0.6) is 0 Å². The Bertz CT molecular complexity index is 1370. The highest BCUT2D eigenvalue weighted by molar-refractivity contribution is 6.03. The minimum absolute atomic E-state index is 0.0477. The molecule has 2 aromatic heterocycles. The highest BCUT2D eigenvalue weighted by Crippen LogP contribution is 2.44. The summed E-state index contributed by atoms with van der Waals surface area (Å²) >= 11 is 0. The second-order valence-corrected chi connectivity index (χ2v) is 9.70. The lowest BCUT2D eigenvalue weighted by atomic mass is 9.97. The lowest BCUT2D eigenvalue weighted by Gasteiger charge is -2.28. The van der Waals surface area contributed by atoms with Crippen LogP contribution in [0.15, 0.2) is 30.5 Å². The topological polar surface area (TPSA) is 75.7 Å². The molecule has 0 radical (unpaired) electrons. The second kappa shape index (κ2) is 8.42. The van der Waals surface area contributed by atoms with Crippen molar-refractivity contribution in [3.63, 3.8) is 0 Å². The van der Waals surface area contributed by atoms with Crippen LogP contribution in [0.25, 0.3) is 27.7 Å². The molecule has 6 rings (SSSR count). The van der Waals surface area contributed by atoms with Gasteiger partial charge in [0.25, 0.3) is 0 Å². The molecule has 9 heteroatoms. The van der Waals surface area contributed by atoms with Crippen molar-refractivity contribution in [1.82, 2.24) is 19.8 Å². The van der Waals surface area contributed by atoms with Crippen LogP contribution >= 0.6 is 0 Å². The van der Waals surface area contributed by atoms with Gasteiger partial charge in [-0.15, -0.1) is 0 Å². The van der Waals surface area contributed by atoms with Crippen molar-refractivity contribution >= 4 is 28.2 Å². The number of hydrogen-bond acceptors (Lipinski definition) is 5. The predicted molar refractivity (Wildman–Crippen MR) is 130 cm³/mol. The van der Waals surface area contributed by atoms with Gasteiger partial charge in [-0.25, -0.2) is 13.8 Å². The summed E-state index contributed by atoms with van der Waals surface area (Å²) in [5.74, 6) is -0.832. The number of H-pyrrole nitrogens is 1. The number of amides is 1. The molecule has 3 aliphatic rings. The van der Waals surface area contributed by atoms with Gasteiger partial charge in [0.15, 0.2) is 0 Å². The van der Waals surface area contributed by atoms with Crippen LogP contribution in [-0.4, -0.2) is 76.7 Å². The quantitative estimate of drug-likeness (QED) is 0.604. The maximum Gasteiger partial charge on any atom is 0.236 e. The Morgan fingerprint density at radius 3 is 2.89 bits per heavy atom. The van der Waals surface area contributed by atoms with Gasteiger partial charge in [0.2, 0.25) is 5.91 Å². The maximum atomic E-state index is 15.1. The van der Waals surface area contributed by atoms with Crippen molar-refractivity contribution < 1.29 is 18.7 Å². The van der Waals surface area contributed by atoms with E-state index in [1.807, 2.05) is 11.9 Å². The van der Waals surface area contributed by atoms with E-state index in [4.69, 9.17) is 0 Å². The summed E-state index contributed by atoms with van der Waals surface area (Å²) in [7, 11) is 1.93. The summed E-state index contributed by atoms with van der Waals surface area (Å²) in [5, 5.41) is 10.4. The molecule has 0 saturated carbocycles. The van der Waals surface area contributed by atoms with Crippen LogP contribution in [0.2, 0.25) is 0 Å². The number of nitrogens with one attached hydrogen (secondary N) is 1. The molecule has 3 aliphatic heterocycles. The number of pyridine rings is 1. The first-order valence-electron chi connectivity index (χ1n) is 12.0. The van der Waals surface area contributed by atoms with E-state index in [9.17, 15) is 14.3 Å². The Balaban J connectivity index is 1.33. The van der Waals surface area contributed by atoms with Gasteiger partial charge in [0.1, 0.15) is 17.3 Å². The van der Waals surface area contributed by atoms with Gasteiger partial charge in [0, 0.05) is 73.2 Å². The summed E-state index contributed by atoms with van der Waals surface area (Å²) in [6, 6.07) is 4.48. The first-order valence-corrected chi connectivity index (χ1v) is 12.0. The average molecular weight is 480 g/mol. The minimum atomic E-state index is -0.471. The van der Waals surface area contributed by atoms with E-state index in [0.29, 0.717) is 61.3 Å². The molecular weight excluding hydrogens is 452 g/mol. The third kappa shape index (κ3) is 3.79. The van der Waals surface area contributed by atoms with E-state index < -0.39 is 17.7 Å². The van der Waals surface area contributed by atoms with E-state index in [0.717, 1.165) is 35.5 Å². The number of aliphatic hydroxyl groups is 1. The number of aromatic nitrogens is 2. The number of rotatable bonds is 3. The van der Waals surface area contributed by atoms with Gasteiger partial charge in [-0.1, -0.05) is 6.08 Å². The molecule has 1 amide bonds. The molecule has 7 nitrogen and oxygen atoms in total. The number of carbonyl (C=O) groups excluding carboxylic acids is 1. The third-order valence-corrected chi connectivity index (χ3v) is 7.40. The number of likely N-dealkylation sites (tertiary alicyclic amines) is 1. The molecule has 1 atom stereocenters. The Kier molecular flexibility index (Phi) is 5.34. The van der Waals surface area contributed by atoms with Crippen LogP contribution in [0, 0.1) is 11.6 Å². The highest BCUT2D eigenvalue weighted by atomic mass is 19.1. The number of benzene rings is 1. The van der Waals surface area contributed by atoms with Crippen molar-refractivity contribution in [3.05, 3.63) is 53.4 Å². The minimum Gasteiger partial charge on any atom is -0.391 e. The zero-order valence-electron chi connectivity index (χ0n) is 19.5. The van der Waals surface area contributed by atoms with E-state index in [2.05, 4.69) is 20.9 Å². The molecule has 0 spiro atoms. The van der Waals surface area contributed by atoms with Crippen molar-refractivity contribution in [2.45, 2.75) is 25.5 Å². The normalized spacial score (nSPS) is 20.2. The molecule has 0 bridgehead atoms. The fraction of sp³-hybridized carbons (Fsp3) is 0.385. The summed E-state index contributed by atoms with van der Waals surface area (Å²) in [4.78, 5) is 26.1. The highest BCUT2D eigenvalue weighted by Gasteiger charge is 2.30. The monoisotopic (exact) mass is 479 g/mol. The zero-order chi connectivity index (χ0) is 24.3. The number of aliphatic hydroxyl groups excluding tert-OH is 1. The summed E-state index contributed by atoms with van der Waals surface area (Å²) in [6.45, 7) is 3.23. The number of hydrogen-bond donors (Lipinski definition) is 2. The molecule has 182 valence electrons. The summed E-state index contributed by atoms with van der Waals surface area (Å²) in [6.07, 6.45) is 4.27. The molecule has 0 aliphatic carbocycles. The van der Waals surface area contributed by atoms with Crippen LogP contribution in [-0.2, 0) is 11.3 Å². The first-order chi connectivity index (χ1) is 16.9. The van der Waals surface area contributed by atoms with Crippen molar-refractivity contribution in [2.24, 2.45) is 0 Å². The summed E-state index contributed by atoms with van der Waals surface area (Å²) < 4.78 is 29.3. The number of aromatic amines is 1. The van der Waals surface area contributed by atoms with Crippen molar-refractivity contribution in [1.29, 1.82) is 0 Å². The van der Waals surface area contributed by atoms with Crippen LogP contribution in [0.4, 0.5) is 14.5 Å². The molecule has 1 aromatic carbocycles. The second-order valence-electron chi connectivity index (χ2n) is 9.70. The van der Waals surface area contributed by atoms with Gasteiger partial charge < -0.3 is 19.9 Å². The van der Waals surface area contributed by atoms with E-state index >= 15 is 4.39 Å². The number of nitrogens with zero attached hydrogens (tertiary/aromatic N) is 4. The molecule has 0 unspecified atom stereocenters. The molecule has 5 heterocycles. The third-order valence-electron chi connectivity index (χ3n) is 7.40. The Hall–Kier alpha value is -3.30. The number of halogens is 2. The molecule has 1 fully saturated rings. The lowest BCUT2D eigenvalue weighted by Crippen LogP contribution is -2.41. The fourth-order valence-corrected chi connectivity index (χ4v) is 5.60. The SMILES string of the molecule is CN1Cc2c(C3=CCN(CC(=O)N4CC[C@H](O)C4)CC3)[nH]c3ncc(F)c(c23)-c2cc(F)ccc21. The number of anilines is 1. The first kappa shape index (κ1) is 22.2. The van der Waals surface area contributed by atoms with Gasteiger partial charge in [-0.05, 0) is 36.6 Å². The standard InChI is InChI=1S/C26H27F2N5O2/c1-31-13-19-24-23(18-10-16(27)2-3-21(18)31)20(28)11-29-26(24)30-25(19)15-4-7-32(8-5-15)14-22(35)33-9-6-17(34)12-33/h2-4,10-11,17,34H,5-9,12-14H2,1H3,(H,29,30)/t17-/m0/s1. The van der Waals surface area contributed by atoms with Gasteiger partial charge >= 0.3 is 0 Å². The molecule has 3 aromatic rings. The van der Waals surface area contributed by atoms with Gasteiger partial charge in [-0.3, -0.25) is 9.69 Å². The van der Waals surface area contributed by atoms with Gasteiger partial charge in [-0.2, -0.15) is 0 Å². The molecule has 35 heavy (non-hydrogen) atoms. The van der Waals surface area contributed by atoms with Crippen molar-refractivity contribution in [3.8, 4) is 11.1 Å². The number of β-amino-alcohol motifs (C(OH)–C–C–N with tert-alkyl or cyclic N) is 1.